The van der Waals surface area contributed by atoms with Gasteiger partial charge >= 0.3 is 0 Å². The predicted octanol–water partition coefficient (Wildman–Crippen LogP) is 2.13. The quantitative estimate of drug-likeness (QED) is 0.899. The van der Waals surface area contributed by atoms with Crippen molar-refractivity contribution in [1.29, 1.82) is 0 Å². The van der Waals surface area contributed by atoms with E-state index in [9.17, 15) is 4.79 Å². The van der Waals surface area contributed by atoms with E-state index in [-0.39, 0.29) is 5.91 Å². The molecule has 1 aliphatic heterocycles. The van der Waals surface area contributed by atoms with Crippen molar-refractivity contribution in [2.24, 2.45) is 5.92 Å². The van der Waals surface area contributed by atoms with Crippen molar-refractivity contribution in [3.8, 4) is 0 Å². The minimum absolute atomic E-state index is 0.0640. The zero-order valence-electron chi connectivity index (χ0n) is 14.2. The monoisotopic (exact) mass is 345 g/mol. The number of aromatic nitrogens is 3. The van der Waals surface area contributed by atoms with Gasteiger partial charge in [0.1, 0.15) is 11.6 Å². The Balaban J connectivity index is 1.41. The van der Waals surface area contributed by atoms with Crippen molar-refractivity contribution in [1.82, 2.24) is 20.3 Å². The summed E-state index contributed by atoms with van der Waals surface area (Å²) in [5.41, 5.74) is 0.865. The second-order valence-electron chi connectivity index (χ2n) is 6.23. The highest BCUT2D eigenvalue weighted by Gasteiger charge is 2.21. The van der Waals surface area contributed by atoms with Crippen molar-refractivity contribution in [2.75, 3.05) is 24.5 Å². The Labute approximate surface area is 146 Å². The van der Waals surface area contributed by atoms with Crippen LogP contribution in [0.15, 0.2) is 17.6 Å². The zero-order chi connectivity index (χ0) is 16.9. The van der Waals surface area contributed by atoms with Gasteiger partial charge in [-0.15, -0.1) is 11.3 Å². The van der Waals surface area contributed by atoms with Gasteiger partial charge in [-0.05, 0) is 38.7 Å². The molecule has 0 saturated carbocycles. The van der Waals surface area contributed by atoms with Gasteiger partial charge in [0.25, 0.3) is 0 Å². The lowest BCUT2D eigenvalue weighted by atomic mass is 9.96. The zero-order valence-corrected chi connectivity index (χ0v) is 15.0. The van der Waals surface area contributed by atoms with Crippen LogP contribution in [0.1, 0.15) is 29.4 Å². The first kappa shape index (κ1) is 16.8. The van der Waals surface area contributed by atoms with Crippen LogP contribution in [0, 0.1) is 19.8 Å². The van der Waals surface area contributed by atoms with Crippen molar-refractivity contribution in [3.05, 3.63) is 34.2 Å². The van der Waals surface area contributed by atoms with E-state index in [4.69, 9.17) is 0 Å². The van der Waals surface area contributed by atoms with Gasteiger partial charge in [0.05, 0.1) is 17.1 Å². The smallest absolute Gasteiger partial charge is 0.226 e. The number of aryl methyl sites for hydroxylation is 2. The summed E-state index contributed by atoms with van der Waals surface area (Å²) in [6.07, 6.45) is 4.33. The molecular formula is C17H23N5OS. The average molecular weight is 345 g/mol. The van der Waals surface area contributed by atoms with Crippen LogP contribution < -0.4 is 10.2 Å². The Morgan fingerprint density at radius 2 is 2.12 bits per heavy atom. The molecule has 3 heterocycles. The first-order valence-electron chi connectivity index (χ1n) is 8.32. The number of carbonyl (C=O) groups excluding carboxylic acids is 1. The van der Waals surface area contributed by atoms with Crippen LogP contribution in [0.5, 0.6) is 0 Å². The molecule has 0 unspecified atom stereocenters. The van der Waals surface area contributed by atoms with Crippen molar-refractivity contribution in [3.63, 3.8) is 0 Å². The standard InChI is InChI=1S/C17H23N5OS/c1-12-18-6-3-16(20-12)22-7-4-14(5-8-22)10-19-17(23)9-15-11-24-13(2)21-15/h3,6,11,14H,4-5,7-10H2,1-2H3,(H,19,23). The highest BCUT2D eigenvalue weighted by atomic mass is 32.1. The van der Waals surface area contributed by atoms with E-state index in [1.807, 2.05) is 31.5 Å². The summed E-state index contributed by atoms with van der Waals surface area (Å²) in [4.78, 5) is 27.3. The number of rotatable bonds is 5. The molecule has 1 amide bonds. The lowest BCUT2D eigenvalue weighted by Crippen LogP contribution is -2.39. The Bertz CT molecular complexity index is 694. The fraction of sp³-hybridized carbons (Fsp3) is 0.529. The van der Waals surface area contributed by atoms with Crippen molar-refractivity contribution in [2.45, 2.75) is 33.1 Å². The van der Waals surface area contributed by atoms with Crippen LogP contribution in [-0.2, 0) is 11.2 Å². The molecule has 24 heavy (non-hydrogen) atoms. The third-order valence-electron chi connectivity index (χ3n) is 4.30. The van der Waals surface area contributed by atoms with Gasteiger partial charge in [0, 0.05) is 31.2 Å². The first-order valence-corrected chi connectivity index (χ1v) is 9.20. The van der Waals surface area contributed by atoms with Crippen LogP contribution in [-0.4, -0.2) is 40.5 Å². The Hall–Kier alpha value is -2.02. The van der Waals surface area contributed by atoms with E-state index in [0.717, 1.165) is 54.8 Å². The molecule has 1 aliphatic rings. The molecule has 2 aromatic heterocycles. The highest BCUT2D eigenvalue weighted by molar-refractivity contribution is 7.09. The number of piperidine rings is 1. The molecule has 0 radical (unpaired) electrons. The molecule has 0 spiro atoms. The van der Waals surface area contributed by atoms with Gasteiger partial charge in [-0.1, -0.05) is 0 Å². The number of hydrogen-bond acceptors (Lipinski definition) is 6. The number of thiazole rings is 1. The normalized spacial score (nSPS) is 15.5. The summed E-state index contributed by atoms with van der Waals surface area (Å²) in [5, 5.41) is 6.02. The molecule has 1 saturated heterocycles. The maximum absolute atomic E-state index is 12.0. The van der Waals surface area contributed by atoms with Crippen molar-refractivity contribution < 1.29 is 4.79 Å². The van der Waals surface area contributed by atoms with Crippen LogP contribution in [0.25, 0.3) is 0 Å². The van der Waals surface area contributed by atoms with E-state index >= 15 is 0 Å². The molecule has 7 heteroatoms. The fourth-order valence-electron chi connectivity index (χ4n) is 2.96. The topological polar surface area (TPSA) is 71.0 Å². The molecule has 0 atom stereocenters. The van der Waals surface area contributed by atoms with Gasteiger partial charge in [-0.3, -0.25) is 4.79 Å². The van der Waals surface area contributed by atoms with Gasteiger partial charge in [-0.25, -0.2) is 15.0 Å². The lowest BCUT2D eigenvalue weighted by molar-refractivity contribution is -0.120. The second-order valence-corrected chi connectivity index (χ2v) is 7.29. The van der Waals surface area contributed by atoms with Crippen LogP contribution in [0.3, 0.4) is 0 Å². The number of carbonyl (C=O) groups is 1. The molecule has 6 nitrogen and oxygen atoms in total. The second kappa shape index (κ2) is 7.70. The summed E-state index contributed by atoms with van der Waals surface area (Å²) in [6, 6.07) is 1.96. The number of amides is 1. The maximum atomic E-state index is 12.0. The summed E-state index contributed by atoms with van der Waals surface area (Å²) < 4.78 is 0. The summed E-state index contributed by atoms with van der Waals surface area (Å²) in [5.74, 6) is 2.41. The molecule has 0 aromatic carbocycles. The van der Waals surface area contributed by atoms with Gasteiger partial charge < -0.3 is 10.2 Å². The molecule has 2 aromatic rings. The third kappa shape index (κ3) is 4.50. The molecule has 1 fully saturated rings. The average Bonchev–Trinajstić information content (AvgIpc) is 2.98. The van der Waals surface area contributed by atoms with Crippen LogP contribution in [0.4, 0.5) is 5.82 Å². The fourth-order valence-corrected chi connectivity index (χ4v) is 3.57. The van der Waals surface area contributed by atoms with E-state index in [2.05, 4.69) is 25.2 Å². The Morgan fingerprint density at radius 1 is 1.33 bits per heavy atom. The van der Waals surface area contributed by atoms with Crippen LogP contribution >= 0.6 is 11.3 Å². The summed E-state index contributed by atoms with van der Waals surface area (Å²) in [6.45, 7) is 6.57. The largest absolute Gasteiger partial charge is 0.356 e. The first-order chi connectivity index (χ1) is 11.6. The molecule has 3 rings (SSSR count). The van der Waals surface area contributed by atoms with Gasteiger partial charge in [-0.2, -0.15) is 0 Å². The number of anilines is 1. The number of hydrogen-bond donors (Lipinski definition) is 1. The highest BCUT2D eigenvalue weighted by Crippen LogP contribution is 2.21. The minimum Gasteiger partial charge on any atom is -0.356 e. The maximum Gasteiger partial charge on any atom is 0.226 e. The molecule has 1 N–H and O–H groups in total. The number of nitrogens with zero attached hydrogens (tertiary/aromatic N) is 4. The summed E-state index contributed by atoms with van der Waals surface area (Å²) >= 11 is 1.58. The van der Waals surface area contributed by atoms with E-state index in [0.29, 0.717) is 12.3 Å². The molecular weight excluding hydrogens is 322 g/mol. The Morgan fingerprint density at radius 3 is 2.79 bits per heavy atom. The molecule has 0 aliphatic carbocycles. The molecule has 128 valence electrons. The van der Waals surface area contributed by atoms with Gasteiger partial charge in [0.15, 0.2) is 0 Å². The van der Waals surface area contributed by atoms with Crippen LogP contribution in [0.2, 0.25) is 0 Å². The molecule has 0 bridgehead atoms. The van der Waals surface area contributed by atoms with Gasteiger partial charge in [0.2, 0.25) is 5.91 Å². The van der Waals surface area contributed by atoms with Crippen molar-refractivity contribution >= 4 is 23.1 Å². The third-order valence-corrected chi connectivity index (χ3v) is 5.12. The van der Waals surface area contributed by atoms with E-state index in [1.165, 1.54) is 0 Å². The summed E-state index contributed by atoms with van der Waals surface area (Å²) in [7, 11) is 0. The lowest BCUT2D eigenvalue weighted by Gasteiger charge is -2.32. The minimum atomic E-state index is 0.0640. The number of nitrogens with one attached hydrogen (secondary N) is 1. The SMILES string of the molecule is Cc1nccc(N2CCC(CNC(=O)Cc3csc(C)n3)CC2)n1. The predicted molar refractivity (Wildman–Crippen MR) is 95.3 cm³/mol. The van der Waals surface area contributed by atoms with E-state index < -0.39 is 0 Å². The Kier molecular flexibility index (Phi) is 5.40. The van der Waals surface area contributed by atoms with E-state index in [1.54, 1.807) is 11.3 Å².